The molecule has 7 heteroatoms. The van der Waals surface area contributed by atoms with Crippen molar-refractivity contribution in [1.82, 2.24) is 15.1 Å². The molecule has 0 aliphatic heterocycles. The fourth-order valence-corrected chi connectivity index (χ4v) is 3.88. The van der Waals surface area contributed by atoms with Crippen LogP contribution in [0.5, 0.6) is 0 Å². The SMILES string of the molecule is CCn1nc(C)c(CCN=C(NC(=O)c2cccc(C)c2)Nc2ccc(Cl)cc2C)c1C. The quantitative estimate of drug-likeness (QED) is 0.398. The van der Waals surface area contributed by atoms with Crippen molar-refractivity contribution in [2.75, 3.05) is 11.9 Å². The molecule has 32 heavy (non-hydrogen) atoms. The molecule has 0 fully saturated rings. The van der Waals surface area contributed by atoms with Crippen LogP contribution >= 0.6 is 11.6 Å². The molecule has 0 saturated carbocycles. The zero-order valence-electron chi connectivity index (χ0n) is 19.3. The van der Waals surface area contributed by atoms with Crippen LogP contribution in [0.3, 0.4) is 0 Å². The maximum atomic E-state index is 12.9. The second-order valence-corrected chi connectivity index (χ2v) is 8.29. The van der Waals surface area contributed by atoms with Gasteiger partial charge < -0.3 is 5.32 Å². The summed E-state index contributed by atoms with van der Waals surface area (Å²) < 4.78 is 2.00. The number of amides is 1. The molecule has 1 heterocycles. The first-order valence-electron chi connectivity index (χ1n) is 10.8. The average molecular weight is 452 g/mol. The van der Waals surface area contributed by atoms with E-state index in [0.717, 1.165) is 41.2 Å². The molecule has 0 aliphatic carbocycles. The topological polar surface area (TPSA) is 71.3 Å². The zero-order chi connectivity index (χ0) is 23.3. The average Bonchev–Trinajstić information content (AvgIpc) is 3.03. The lowest BCUT2D eigenvalue weighted by Gasteiger charge is -2.14. The summed E-state index contributed by atoms with van der Waals surface area (Å²) >= 11 is 6.09. The lowest BCUT2D eigenvalue weighted by atomic mass is 10.1. The molecule has 0 spiro atoms. The van der Waals surface area contributed by atoms with Crippen LogP contribution in [-0.2, 0) is 13.0 Å². The van der Waals surface area contributed by atoms with Crippen LogP contribution in [0.2, 0.25) is 5.02 Å². The van der Waals surface area contributed by atoms with E-state index in [-0.39, 0.29) is 5.91 Å². The third kappa shape index (κ3) is 5.77. The summed E-state index contributed by atoms with van der Waals surface area (Å²) in [6, 6.07) is 13.0. The molecule has 1 aromatic heterocycles. The summed E-state index contributed by atoms with van der Waals surface area (Å²) in [4.78, 5) is 17.5. The number of carbonyl (C=O) groups excluding carboxylic acids is 1. The van der Waals surface area contributed by atoms with E-state index in [1.165, 1.54) is 5.56 Å². The summed E-state index contributed by atoms with van der Waals surface area (Å²) in [5, 5.41) is 11.4. The van der Waals surface area contributed by atoms with Gasteiger partial charge in [0, 0.05) is 35.1 Å². The number of guanidine groups is 1. The normalized spacial score (nSPS) is 11.5. The van der Waals surface area contributed by atoms with E-state index >= 15 is 0 Å². The minimum absolute atomic E-state index is 0.210. The summed E-state index contributed by atoms with van der Waals surface area (Å²) in [6.07, 6.45) is 0.739. The smallest absolute Gasteiger partial charge is 0.257 e. The third-order valence-electron chi connectivity index (χ3n) is 5.42. The minimum atomic E-state index is -0.210. The van der Waals surface area contributed by atoms with Crippen molar-refractivity contribution >= 4 is 29.2 Å². The Labute approximate surface area is 194 Å². The van der Waals surface area contributed by atoms with Gasteiger partial charge in [0.05, 0.1) is 5.69 Å². The molecule has 0 bridgehead atoms. The molecular formula is C25H30ClN5O. The predicted molar refractivity (Wildman–Crippen MR) is 132 cm³/mol. The van der Waals surface area contributed by atoms with E-state index in [4.69, 9.17) is 11.6 Å². The number of nitrogens with zero attached hydrogens (tertiary/aromatic N) is 3. The van der Waals surface area contributed by atoms with Gasteiger partial charge in [-0.25, -0.2) is 0 Å². The lowest BCUT2D eigenvalue weighted by molar-refractivity contribution is 0.0977. The summed E-state index contributed by atoms with van der Waals surface area (Å²) in [5.41, 5.74) is 6.79. The fourth-order valence-electron chi connectivity index (χ4n) is 3.65. The largest absolute Gasteiger partial charge is 0.326 e. The first kappa shape index (κ1) is 23.5. The van der Waals surface area contributed by atoms with Gasteiger partial charge in [0.1, 0.15) is 0 Å². The number of hydrogen-bond acceptors (Lipinski definition) is 3. The van der Waals surface area contributed by atoms with Crippen molar-refractivity contribution in [3.63, 3.8) is 0 Å². The van der Waals surface area contributed by atoms with Gasteiger partial charge in [-0.05, 0) is 82.5 Å². The van der Waals surface area contributed by atoms with E-state index in [1.807, 2.05) is 61.9 Å². The standard InChI is InChI=1S/C25H30ClN5O/c1-6-31-19(5)22(18(4)30-31)12-13-27-25(28-23-11-10-21(26)15-17(23)3)29-24(32)20-9-7-8-16(2)14-20/h7-11,14-15H,6,12-13H2,1-5H3,(H2,27,28,29,32). The number of benzene rings is 2. The molecule has 2 aromatic carbocycles. The Morgan fingerprint density at radius 2 is 1.91 bits per heavy atom. The number of anilines is 1. The summed E-state index contributed by atoms with van der Waals surface area (Å²) in [6.45, 7) is 11.5. The summed E-state index contributed by atoms with van der Waals surface area (Å²) in [7, 11) is 0. The predicted octanol–water partition coefficient (Wildman–Crippen LogP) is 5.23. The molecule has 0 atom stereocenters. The van der Waals surface area contributed by atoms with Crippen LogP contribution in [-0.4, -0.2) is 28.2 Å². The van der Waals surface area contributed by atoms with E-state index < -0.39 is 0 Å². The first-order chi connectivity index (χ1) is 15.3. The molecule has 3 aromatic rings. The van der Waals surface area contributed by atoms with Gasteiger partial charge in [0.15, 0.2) is 0 Å². The van der Waals surface area contributed by atoms with Crippen LogP contribution in [0, 0.1) is 27.7 Å². The van der Waals surface area contributed by atoms with E-state index in [9.17, 15) is 4.79 Å². The van der Waals surface area contributed by atoms with E-state index in [1.54, 1.807) is 6.07 Å². The number of carbonyl (C=O) groups is 1. The molecule has 3 rings (SSSR count). The number of aryl methyl sites for hydroxylation is 4. The maximum absolute atomic E-state index is 12.9. The third-order valence-corrected chi connectivity index (χ3v) is 5.65. The zero-order valence-corrected chi connectivity index (χ0v) is 20.0. The maximum Gasteiger partial charge on any atom is 0.257 e. The highest BCUT2D eigenvalue weighted by Crippen LogP contribution is 2.20. The molecule has 0 radical (unpaired) electrons. The Bertz CT molecular complexity index is 1150. The van der Waals surface area contributed by atoms with Gasteiger partial charge in [-0.1, -0.05) is 29.3 Å². The van der Waals surface area contributed by atoms with Gasteiger partial charge in [-0.2, -0.15) is 5.10 Å². The van der Waals surface area contributed by atoms with Crippen molar-refractivity contribution in [2.45, 2.75) is 47.6 Å². The molecule has 168 valence electrons. The van der Waals surface area contributed by atoms with Gasteiger partial charge in [0.25, 0.3) is 5.91 Å². The monoisotopic (exact) mass is 451 g/mol. The Morgan fingerprint density at radius 1 is 1.12 bits per heavy atom. The number of rotatable bonds is 6. The van der Waals surface area contributed by atoms with Crippen molar-refractivity contribution in [1.29, 1.82) is 0 Å². The van der Waals surface area contributed by atoms with Crippen molar-refractivity contribution < 1.29 is 4.79 Å². The number of aromatic nitrogens is 2. The lowest BCUT2D eigenvalue weighted by Crippen LogP contribution is -2.36. The minimum Gasteiger partial charge on any atom is -0.326 e. The highest BCUT2D eigenvalue weighted by molar-refractivity contribution is 6.30. The number of halogens is 1. The second kappa shape index (κ2) is 10.5. The molecule has 6 nitrogen and oxygen atoms in total. The van der Waals surface area contributed by atoms with Crippen molar-refractivity contribution in [2.24, 2.45) is 4.99 Å². The van der Waals surface area contributed by atoms with Gasteiger partial charge >= 0.3 is 0 Å². The number of hydrogen-bond donors (Lipinski definition) is 2. The fraction of sp³-hybridized carbons (Fsp3) is 0.320. The van der Waals surface area contributed by atoms with Crippen molar-refractivity contribution in [3.8, 4) is 0 Å². The van der Waals surface area contributed by atoms with Crippen molar-refractivity contribution in [3.05, 3.63) is 81.1 Å². The molecule has 1 amide bonds. The Hall–Kier alpha value is -3.12. The molecular weight excluding hydrogens is 422 g/mol. The Kier molecular flexibility index (Phi) is 7.70. The molecule has 0 aliphatic rings. The van der Waals surface area contributed by atoms with Crippen LogP contribution in [0.15, 0.2) is 47.5 Å². The van der Waals surface area contributed by atoms with E-state index in [0.29, 0.717) is 23.1 Å². The van der Waals surface area contributed by atoms with Crippen LogP contribution < -0.4 is 10.6 Å². The molecule has 2 N–H and O–H groups in total. The Morgan fingerprint density at radius 3 is 2.56 bits per heavy atom. The highest BCUT2D eigenvalue weighted by Gasteiger charge is 2.13. The van der Waals surface area contributed by atoms with Gasteiger partial charge in [-0.3, -0.25) is 19.8 Å². The van der Waals surface area contributed by atoms with Gasteiger partial charge in [0.2, 0.25) is 5.96 Å². The van der Waals surface area contributed by atoms with Crippen LogP contribution in [0.1, 0.15) is 45.4 Å². The number of nitrogens with one attached hydrogen (secondary N) is 2. The second-order valence-electron chi connectivity index (χ2n) is 7.85. The Balaban J connectivity index is 1.82. The molecule has 0 unspecified atom stereocenters. The number of aliphatic imine (C=N–C) groups is 1. The summed E-state index contributed by atoms with van der Waals surface area (Å²) in [5.74, 6) is 0.192. The first-order valence-corrected chi connectivity index (χ1v) is 11.1. The van der Waals surface area contributed by atoms with Crippen LogP contribution in [0.4, 0.5) is 5.69 Å². The van der Waals surface area contributed by atoms with Gasteiger partial charge in [-0.15, -0.1) is 0 Å². The molecule has 0 saturated heterocycles. The van der Waals surface area contributed by atoms with E-state index in [2.05, 4.69) is 34.6 Å². The van der Waals surface area contributed by atoms with Crippen LogP contribution in [0.25, 0.3) is 0 Å². The highest BCUT2D eigenvalue weighted by atomic mass is 35.5.